The van der Waals surface area contributed by atoms with Crippen molar-refractivity contribution in [2.24, 2.45) is 11.8 Å². The maximum absolute atomic E-state index is 2.47. The van der Waals surface area contributed by atoms with Gasteiger partial charge in [-0.25, -0.2) is 0 Å². The summed E-state index contributed by atoms with van der Waals surface area (Å²) in [5, 5.41) is 0. The smallest absolute Gasteiger partial charge is 0.0533 e. The molecule has 76 valence electrons. The van der Waals surface area contributed by atoms with E-state index in [0.29, 0.717) is 0 Å². The third-order valence-electron chi connectivity index (χ3n) is 3.38. The van der Waals surface area contributed by atoms with Crippen molar-refractivity contribution in [1.29, 1.82) is 0 Å². The van der Waals surface area contributed by atoms with Crippen molar-refractivity contribution in [3.8, 4) is 0 Å². The van der Waals surface area contributed by atoms with E-state index < -0.39 is 0 Å². The Hall–Kier alpha value is 0.700. The first-order valence-corrected chi connectivity index (χ1v) is 7.71. The van der Waals surface area contributed by atoms with Crippen LogP contribution in [0.25, 0.3) is 0 Å². The molecule has 2 fully saturated rings. The highest BCUT2D eigenvalue weighted by atomic mass is 32.2. The number of thioether (sulfide) groups is 2. The van der Waals surface area contributed by atoms with Gasteiger partial charge in [0.2, 0.25) is 0 Å². The molecule has 1 aliphatic heterocycles. The van der Waals surface area contributed by atoms with E-state index >= 15 is 0 Å². The Morgan fingerprint density at radius 3 is 2.31 bits per heavy atom. The zero-order chi connectivity index (χ0) is 9.10. The minimum Gasteiger partial charge on any atom is -0.147 e. The molecule has 0 aromatic heterocycles. The molecule has 1 saturated carbocycles. The minimum atomic E-state index is 0.948. The van der Waals surface area contributed by atoms with Gasteiger partial charge in [0.1, 0.15) is 0 Å². The second-order valence-electron chi connectivity index (χ2n) is 4.39. The van der Waals surface area contributed by atoms with Gasteiger partial charge in [-0.2, -0.15) is 0 Å². The summed E-state index contributed by atoms with van der Waals surface area (Å²) < 4.78 is 0.948. The second-order valence-corrected chi connectivity index (χ2v) is 7.19. The second kappa shape index (κ2) is 4.97. The molecular formula is C11H20S2. The summed E-state index contributed by atoms with van der Waals surface area (Å²) in [5.74, 6) is 4.86. The normalized spacial score (nSPS) is 37.6. The van der Waals surface area contributed by atoms with E-state index in [0.717, 1.165) is 16.4 Å². The van der Waals surface area contributed by atoms with Crippen LogP contribution in [0.15, 0.2) is 0 Å². The van der Waals surface area contributed by atoms with E-state index in [1.165, 1.54) is 43.6 Å². The van der Waals surface area contributed by atoms with Gasteiger partial charge in [-0.1, -0.05) is 26.2 Å². The summed E-state index contributed by atoms with van der Waals surface area (Å²) in [6, 6.07) is 0. The van der Waals surface area contributed by atoms with Crippen molar-refractivity contribution < 1.29 is 0 Å². The van der Waals surface area contributed by atoms with Crippen molar-refractivity contribution in [2.75, 3.05) is 11.5 Å². The SMILES string of the molecule is CC1CCCCC1C1SCCCS1. The van der Waals surface area contributed by atoms with Crippen LogP contribution in [0, 0.1) is 11.8 Å². The highest BCUT2D eigenvalue weighted by molar-refractivity contribution is 8.17. The zero-order valence-electron chi connectivity index (χ0n) is 8.50. The third-order valence-corrected chi connectivity index (χ3v) is 6.60. The maximum atomic E-state index is 2.47. The molecule has 1 heterocycles. The minimum absolute atomic E-state index is 0.948. The topological polar surface area (TPSA) is 0 Å². The Morgan fingerprint density at radius 1 is 0.923 bits per heavy atom. The van der Waals surface area contributed by atoms with Crippen LogP contribution in [0.1, 0.15) is 39.0 Å². The van der Waals surface area contributed by atoms with Crippen molar-refractivity contribution in [3.05, 3.63) is 0 Å². The van der Waals surface area contributed by atoms with Crippen LogP contribution in [0.2, 0.25) is 0 Å². The molecule has 13 heavy (non-hydrogen) atoms. The van der Waals surface area contributed by atoms with Gasteiger partial charge in [0, 0.05) is 0 Å². The van der Waals surface area contributed by atoms with E-state index in [9.17, 15) is 0 Å². The standard InChI is InChI=1S/C11H20S2/c1-9-5-2-3-6-10(9)11-12-7-4-8-13-11/h9-11H,2-8H2,1H3. The monoisotopic (exact) mass is 216 g/mol. The fraction of sp³-hybridized carbons (Fsp3) is 1.00. The molecule has 2 aliphatic rings. The number of rotatable bonds is 1. The average molecular weight is 216 g/mol. The van der Waals surface area contributed by atoms with E-state index in [4.69, 9.17) is 0 Å². The molecular weight excluding hydrogens is 196 g/mol. The fourth-order valence-electron chi connectivity index (χ4n) is 2.50. The van der Waals surface area contributed by atoms with Crippen LogP contribution in [-0.2, 0) is 0 Å². The summed E-state index contributed by atoms with van der Waals surface area (Å²) >= 11 is 4.47. The Labute approximate surface area is 90.6 Å². The number of hydrogen-bond acceptors (Lipinski definition) is 2. The van der Waals surface area contributed by atoms with Gasteiger partial charge in [-0.15, -0.1) is 23.5 Å². The van der Waals surface area contributed by atoms with E-state index in [2.05, 4.69) is 30.4 Å². The molecule has 0 aromatic rings. The van der Waals surface area contributed by atoms with Crippen LogP contribution in [0.4, 0.5) is 0 Å². The van der Waals surface area contributed by atoms with E-state index in [1.54, 1.807) is 0 Å². The van der Waals surface area contributed by atoms with Gasteiger partial charge in [-0.05, 0) is 36.2 Å². The van der Waals surface area contributed by atoms with Crippen molar-refractivity contribution in [1.82, 2.24) is 0 Å². The maximum Gasteiger partial charge on any atom is 0.0533 e. The van der Waals surface area contributed by atoms with Crippen molar-refractivity contribution in [2.45, 2.75) is 43.6 Å². The van der Waals surface area contributed by atoms with Crippen LogP contribution in [0.3, 0.4) is 0 Å². The first-order chi connectivity index (χ1) is 6.38. The summed E-state index contributed by atoms with van der Waals surface area (Å²) in [7, 11) is 0. The van der Waals surface area contributed by atoms with Gasteiger partial charge in [-0.3, -0.25) is 0 Å². The molecule has 0 nitrogen and oxygen atoms in total. The molecule has 2 heteroatoms. The molecule has 1 aliphatic carbocycles. The summed E-state index contributed by atoms with van der Waals surface area (Å²) in [5.41, 5.74) is 0. The highest BCUT2D eigenvalue weighted by Crippen LogP contribution is 2.44. The molecule has 2 atom stereocenters. The number of hydrogen-bond donors (Lipinski definition) is 0. The lowest BCUT2D eigenvalue weighted by atomic mass is 9.81. The van der Waals surface area contributed by atoms with Crippen LogP contribution < -0.4 is 0 Å². The molecule has 2 rings (SSSR count). The summed E-state index contributed by atoms with van der Waals surface area (Å²) in [6.45, 7) is 2.47. The molecule has 0 amide bonds. The highest BCUT2D eigenvalue weighted by Gasteiger charge is 2.30. The van der Waals surface area contributed by atoms with Gasteiger partial charge in [0.05, 0.1) is 4.58 Å². The lowest BCUT2D eigenvalue weighted by molar-refractivity contribution is 0.273. The fourth-order valence-corrected chi connectivity index (χ4v) is 6.04. The largest absolute Gasteiger partial charge is 0.147 e. The Kier molecular flexibility index (Phi) is 3.91. The van der Waals surface area contributed by atoms with E-state index in [1.807, 2.05) is 0 Å². The predicted octanol–water partition coefficient (Wildman–Crippen LogP) is 4.01. The molecule has 0 radical (unpaired) electrons. The molecule has 1 saturated heterocycles. The zero-order valence-corrected chi connectivity index (χ0v) is 10.1. The molecule has 0 aromatic carbocycles. The van der Waals surface area contributed by atoms with Crippen LogP contribution in [-0.4, -0.2) is 16.1 Å². The third kappa shape index (κ3) is 2.59. The van der Waals surface area contributed by atoms with Crippen LogP contribution >= 0.6 is 23.5 Å². The van der Waals surface area contributed by atoms with Crippen molar-refractivity contribution in [3.63, 3.8) is 0 Å². The molecule has 2 unspecified atom stereocenters. The quantitative estimate of drug-likeness (QED) is 0.649. The Morgan fingerprint density at radius 2 is 1.62 bits per heavy atom. The lowest BCUT2D eigenvalue weighted by Crippen LogP contribution is -2.27. The van der Waals surface area contributed by atoms with Gasteiger partial charge in [0.25, 0.3) is 0 Å². The Bertz CT molecular complexity index is 152. The first-order valence-electron chi connectivity index (χ1n) is 5.61. The summed E-state index contributed by atoms with van der Waals surface area (Å²) in [4.78, 5) is 0. The first kappa shape index (κ1) is 10.2. The average Bonchev–Trinajstić information content (AvgIpc) is 2.20. The Balaban J connectivity index is 1.88. The molecule has 0 bridgehead atoms. The molecule has 0 spiro atoms. The van der Waals surface area contributed by atoms with E-state index in [-0.39, 0.29) is 0 Å². The lowest BCUT2D eigenvalue weighted by Gasteiger charge is -2.36. The van der Waals surface area contributed by atoms with Gasteiger partial charge >= 0.3 is 0 Å². The predicted molar refractivity (Wildman–Crippen MR) is 64.4 cm³/mol. The van der Waals surface area contributed by atoms with Gasteiger partial charge < -0.3 is 0 Å². The van der Waals surface area contributed by atoms with Crippen LogP contribution in [0.5, 0.6) is 0 Å². The summed E-state index contributed by atoms with van der Waals surface area (Å²) in [6.07, 6.45) is 7.41. The molecule has 0 N–H and O–H groups in total. The van der Waals surface area contributed by atoms with Crippen molar-refractivity contribution >= 4 is 23.5 Å². The van der Waals surface area contributed by atoms with Gasteiger partial charge in [0.15, 0.2) is 0 Å².